The Morgan fingerprint density at radius 1 is 1.43 bits per heavy atom. The van der Waals surface area contributed by atoms with E-state index in [-0.39, 0.29) is 18.0 Å². The third-order valence-electron chi connectivity index (χ3n) is 4.07. The molecule has 23 heavy (non-hydrogen) atoms. The van der Waals surface area contributed by atoms with Crippen LogP contribution in [-0.2, 0) is 11.3 Å². The molecule has 0 aromatic carbocycles. The molecule has 1 aliphatic rings. The minimum atomic E-state index is -0.539. The van der Waals surface area contributed by atoms with Gasteiger partial charge in [0, 0.05) is 18.8 Å². The van der Waals surface area contributed by atoms with Crippen LogP contribution in [0, 0.1) is 6.92 Å². The van der Waals surface area contributed by atoms with Gasteiger partial charge in [-0.1, -0.05) is 0 Å². The molecule has 1 aromatic rings. The van der Waals surface area contributed by atoms with Gasteiger partial charge in [0.1, 0.15) is 11.9 Å². The zero-order valence-electron chi connectivity index (χ0n) is 14.0. The number of aromatic nitrogens is 2. The van der Waals surface area contributed by atoms with Gasteiger partial charge >= 0.3 is 6.03 Å². The number of hydrogen-bond acceptors (Lipinski definition) is 4. The first kappa shape index (κ1) is 17.2. The van der Waals surface area contributed by atoms with Crippen LogP contribution in [0.25, 0.3) is 0 Å². The van der Waals surface area contributed by atoms with Gasteiger partial charge < -0.3 is 15.5 Å². The first-order chi connectivity index (χ1) is 11.0. The normalized spacial score (nSPS) is 19.1. The Labute approximate surface area is 136 Å². The van der Waals surface area contributed by atoms with Gasteiger partial charge in [-0.15, -0.1) is 0 Å². The molecule has 1 aromatic heterocycles. The molecule has 7 heteroatoms. The fourth-order valence-electron chi connectivity index (χ4n) is 2.76. The number of hydrogen-bond donors (Lipinski definition) is 2. The van der Waals surface area contributed by atoms with Gasteiger partial charge in [-0.05, 0) is 46.1 Å². The van der Waals surface area contributed by atoms with E-state index in [2.05, 4.69) is 27.5 Å². The predicted molar refractivity (Wildman–Crippen MR) is 86.6 cm³/mol. The molecule has 1 saturated heterocycles. The molecule has 0 saturated carbocycles. The number of rotatable bonds is 4. The molecule has 1 aliphatic heterocycles. The van der Waals surface area contributed by atoms with E-state index in [9.17, 15) is 9.59 Å². The van der Waals surface area contributed by atoms with Crippen molar-refractivity contribution in [1.82, 2.24) is 25.5 Å². The SMILES string of the molecule is Cc1nccc(CNC(=O)N[C@@H](C)C(=O)N2CCCC[C@@H]2C)n1. The van der Waals surface area contributed by atoms with Crippen LogP contribution in [0.5, 0.6) is 0 Å². The number of amides is 3. The fourth-order valence-corrected chi connectivity index (χ4v) is 2.76. The maximum Gasteiger partial charge on any atom is 0.315 e. The van der Waals surface area contributed by atoms with Crippen molar-refractivity contribution < 1.29 is 9.59 Å². The zero-order valence-corrected chi connectivity index (χ0v) is 14.0. The predicted octanol–water partition coefficient (Wildman–Crippen LogP) is 1.37. The lowest BCUT2D eigenvalue weighted by molar-refractivity contribution is -0.136. The van der Waals surface area contributed by atoms with Crippen molar-refractivity contribution >= 4 is 11.9 Å². The Balaban J connectivity index is 1.80. The molecule has 2 N–H and O–H groups in total. The summed E-state index contributed by atoms with van der Waals surface area (Å²) in [6.45, 7) is 6.65. The van der Waals surface area contributed by atoms with Crippen LogP contribution in [0.1, 0.15) is 44.6 Å². The lowest BCUT2D eigenvalue weighted by Gasteiger charge is -2.35. The minimum Gasteiger partial charge on any atom is -0.338 e. The number of piperidine rings is 1. The molecule has 0 aliphatic carbocycles. The number of carbonyl (C=O) groups is 2. The van der Waals surface area contributed by atoms with Crippen molar-refractivity contribution in [2.24, 2.45) is 0 Å². The van der Waals surface area contributed by atoms with E-state index in [1.807, 2.05) is 4.90 Å². The van der Waals surface area contributed by atoms with Gasteiger partial charge in [0.05, 0.1) is 12.2 Å². The summed E-state index contributed by atoms with van der Waals surface area (Å²) in [5.41, 5.74) is 0.733. The highest BCUT2D eigenvalue weighted by molar-refractivity contribution is 5.86. The van der Waals surface area contributed by atoms with Crippen LogP contribution in [0.3, 0.4) is 0 Å². The number of carbonyl (C=O) groups excluding carboxylic acids is 2. The topological polar surface area (TPSA) is 87.2 Å². The molecule has 1 fully saturated rings. The highest BCUT2D eigenvalue weighted by Crippen LogP contribution is 2.17. The number of nitrogens with one attached hydrogen (secondary N) is 2. The lowest BCUT2D eigenvalue weighted by Crippen LogP contribution is -2.53. The van der Waals surface area contributed by atoms with Crippen molar-refractivity contribution in [3.05, 3.63) is 23.8 Å². The minimum absolute atomic E-state index is 0.0229. The molecule has 2 rings (SSSR count). The van der Waals surface area contributed by atoms with Gasteiger partial charge in [0.25, 0.3) is 0 Å². The highest BCUT2D eigenvalue weighted by Gasteiger charge is 2.27. The largest absolute Gasteiger partial charge is 0.338 e. The second-order valence-corrected chi connectivity index (χ2v) is 6.02. The average molecular weight is 319 g/mol. The molecule has 0 unspecified atom stereocenters. The summed E-state index contributed by atoms with van der Waals surface area (Å²) in [5, 5.41) is 5.41. The number of urea groups is 1. The molecular weight excluding hydrogens is 294 g/mol. The van der Waals surface area contributed by atoms with Crippen LogP contribution < -0.4 is 10.6 Å². The van der Waals surface area contributed by atoms with Gasteiger partial charge in [0.2, 0.25) is 5.91 Å². The van der Waals surface area contributed by atoms with E-state index in [1.165, 1.54) is 0 Å². The molecule has 126 valence electrons. The first-order valence-corrected chi connectivity index (χ1v) is 8.10. The first-order valence-electron chi connectivity index (χ1n) is 8.10. The summed E-state index contributed by atoms with van der Waals surface area (Å²) in [7, 11) is 0. The van der Waals surface area contributed by atoms with Crippen molar-refractivity contribution in [2.75, 3.05) is 6.54 Å². The molecule has 0 radical (unpaired) electrons. The lowest BCUT2D eigenvalue weighted by atomic mass is 10.0. The number of aryl methyl sites for hydroxylation is 1. The second-order valence-electron chi connectivity index (χ2n) is 6.02. The molecule has 0 spiro atoms. The van der Waals surface area contributed by atoms with Gasteiger partial charge in [-0.3, -0.25) is 4.79 Å². The van der Waals surface area contributed by atoms with E-state index in [0.29, 0.717) is 12.4 Å². The summed E-state index contributed by atoms with van der Waals surface area (Å²) in [6, 6.07) is 1.08. The smallest absolute Gasteiger partial charge is 0.315 e. The van der Waals surface area contributed by atoms with Crippen molar-refractivity contribution in [1.29, 1.82) is 0 Å². The Morgan fingerprint density at radius 2 is 2.22 bits per heavy atom. The molecule has 2 heterocycles. The van der Waals surface area contributed by atoms with E-state index in [1.54, 1.807) is 26.1 Å². The summed E-state index contributed by atoms with van der Waals surface area (Å²) >= 11 is 0. The third kappa shape index (κ3) is 4.91. The highest BCUT2D eigenvalue weighted by atomic mass is 16.2. The van der Waals surface area contributed by atoms with Crippen molar-refractivity contribution in [2.45, 2.75) is 58.7 Å². The van der Waals surface area contributed by atoms with Crippen LogP contribution in [-0.4, -0.2) is 45.4 Å². The fraction of sp³-hybridized carbons (Fsp3) is 0.625. The average Bonchev–Trinajstić information content (AvgIpc) is 2.53. The summed E-state index contributed by atoms with van der Waals surface area (Å²) < 4.78 is 0. The van der Waals surface area contributed by atoms with Crippen LogP contribution in [0.15, 0.2) is 12.3 Å². The van der Waals surface area contributed by atoms with E-state index < -0.39 is 6.04 Å². The van der Waals surface area contributed by atoms with E-state index >= 15 is 0 Å². The maximum atomic E-state index is 12.4. The second kappa shape index (κ2) is 7.89. The van der Waals surface area contributed by atoms with E-state index in [0.717, 1.165) is 31.5 Å². The Hall–Kier alpha value is -2.18. The summed E-state index contributed by atoms with van der Waals surface area (Å²) in [6.07, 6.45) is 4.87. The van der Waals surface area contributed by atoms with Crippen LogP contribution >= 0.6 is 0 Å². The molecule has 2 atom stereocenters. The van der Waals surface area contributed by atoms with Crippen LogP contribution in [0.2, 0.25) is 0 Å². The van der Waals surface area contributed by atoms with Gasteiger partial charge in [0.15, 0.2) is 0 Å². The van der Waals surface area contributed by atoms with Gasteiger partial charge in [-0.25, -0.2) is 14.8 Å². The Kier molecular flexibility index (Phi) is 5.90. The summed E-state index contributed by atoms with van der Waals surface area (Å²) in [5.74, 6) is 0.637. The van der Waals surface area contributed by atoms with Crippen molar-refractivity contribution in [3.8, 4) is 0 Å². The molecule has 3 amide bonds. The Bertz CT molecular complexity index is 563. The number of likely N-dealkylation sites (tertiary alicyclic amines) is 1. The summed E-state index contributed by atoms with van der Waals surface area (Å²) in [4.78, 5) is 34.5. The quantitative estimate of drug-likeness (QED) is 0.877. The molecule has 7 nitrogen and oxygen atoms in total. The third-order valence-corrected chi connectivity index (χ3v) is 4.07. The zero-order chi connectivity index (χ0) is 16.8. The van der Waals surface area contributed by atoms with E-state index in [4.69, 9.17) is 0 Å². The van der Waals surface area contributed by atoms with Crippen LogP contribution in [0.4, 0.5) is 4.79 Å². The maximum absolute atomic E-state index is 12.4. The molecule has 0 bridgehead atoms. The standard InChI is InChI=1S/C16H25N5O2/c1-11-6-4-5-9-21(11)15(22)12(2)19-16(23)18-10-14-7-8-17-13(3)20-14/h7-8,11-12H,4-6,9-10H2,1-3H3,(H2,18,19,23)/t11-,12-/m0/s1. The van der Waals surface area contributed by atoms with Crippen molar-refractivity contribution in [3.63, 3.8) is 0 Å². The molecular formula is C16H25N5O2. The van der Waals surface area contributed by atoms with Gasteiger partial charge in [-0.2, -0.15) is 0 Å². The number of nitrogens with zero attached hydrogens (tertiary/aromatic N) is 3. The Morgan fingerprint density at radius 3 is 2.91 bits per heavy atom. The monoisotopic (exact) mass is 319 g/mol.